The Balaban J connectivity index is 1.93. The molecule has 1 aliphatic heterocycles. The molecule has 0 atom stereocenters. The first-order chi connectivity index (χ1) is 8.06. The average Bonchev–Trinajstić information content (AvgIpc) is 2.79. The molecule has 90 valence electrons. The average molecular weight is 253 g/mol. The van der Waals surface area contributed by atoms with Crippen molar-refractivity contribution in [3.8, 4) is 0 Å². The van der Waals surface area contributed by atoms with Gasteiger partial charge in [0.05, 0.1) is 5.69 Å². The number of anilines is 1. The highest BCUT2D eigenvalue weighted by atomic mass is 32.1. The minimum atomic E-state index is -0.378. The molecule has 2 heterocycles. The van der Waals surface area contributed by atoms with Gasteiger partial charge in [0, 0.05) is 12.8 Å². The number of nitrogens with one attached hydrogen (secondary N) is 1. The number of amides is 3. The molecule has 7 heteroatoms. The zero-order valence-electron chi connectivity index (χ0n) is 9.23. The van der Waals surface area contributed by atoms with E-state index in [1.807, 2.05) is 6.92 Å². The Kier molecular flexibility index (Phi) is 3.19. The van der Waals surface area contributed by atoms with E-state index in [-0.39, 0.29) is 37.1 Å². The summed E-state index contributed by atoms with van der Waals surface area (Å²) in [6, 6.07) is 1.73. The third-order valence-corrected chi connectivity index (χ3v) is 3.14. The van der Waals surface area contributed by atoms with Crippen LogP contribution in [0, 0.1) is 6.92 Å². The molecule has 0 radical (unpaired) electrons. The molecule has 1 fully saturated rings. The lowest BCUT2D eigenvalue weighted by Gasteiger charge is -2.12. The molecule has 0 spiro atoms. The standard InChI is InChI=1S/C10H11N3O3S/c1-6-4-8(17-12-6)11-7(14)5-13-9(15)2-3-10(13)16/h4H,2-3,5H2,1H3,(H,11,14). The highest BCUT2D eigenvalue weighted by Crippen LogP contribution is 2.16. The molecule has 1 aromatic rings. The highest BCUT2D eigenvalue weighted by molar-refractivity contribution is 7.10. The van der Waals surface area contributed by atoms with Gasteiger partial charge in [-0.15, -0.1) is 0 Å². The topological polar surface area (TPSA) is 79.4 Å². The van der Waals surface area contributed by atoms with Crippen molar-refractivity contribution in [1.82, 2.24) is 9.27 Å². The van der Waals surface area contributed by atoms with Gasteiger partial charge < -0.3 is 5.32 Å². The molecule has 2 rings (SSSR count). The van der Waals surface area contributed by atoms with Gasteiger partial charge in [-0.2, -0.15) is 4.37 Å². The Hall–Kier alpha value is -1.76. The van der Waals surface area contributed by atoms with Crippen molar-refractivity contribution in [2.24, 2.45) is 0 Å². The van der Waals surface area contributed by atoms with Crippen molar-refractivity contribution in [1.29, 1.82) is 0 Å². The van der Waals surface area contributed by atoms with Crippen LogP contribution in [-0.2, 0) is 14.4 Å². The predicted molar refractivity (Wildman–Crippen MR) is 61.4 cm³/mol. The summed E-state index contributed by atoms with van der Waals surface area (Å²) < 4.78 is 4.01. The number of carbonyl (C=O) groups excluding carboxylic acids is 3. The first-order valence-corrected chi connectivity index (χ1v) is 5.90. The zero-order chi connectivity index (χ0) is 12.4. The molecule has 17 heavy (non-hydrogen) atoms. The van der Waals surface area contributed by atoms with E-state index in [4.69, 9.17) is 0 Å². The molecule has 0 bridgehead atoms. The second kappa shape index (κ2) is 4.62. The summed E-state index contributed by atoms with van der Waals surface area (Å²) in [6.07, 6.45) is 0.400. The van der Waals surface area contributed by atoms with Crippen LogP contribution in [0.25, 0.3) is 0 Å². The van der Waals surface area contributed by atoms with Gasteiger partial charge in [0.1, 0.15) is 11.5 Å². The second-order valence-corrected chi connectivity index (χ2v) is 4.56. The van der Waals surface area contributed by atoms with Crippen molar-refractivity contribution in [2.75, 3.05) is 11.9 Å². The van der Waals surface area contributed by atoms with Crippen LogP contribution in [0.4, 0.5) is 5.00 Å². The maximum atomic E-state index is 11.6. The van der Waals surface area contributed by atoms with Crippen LogP contribution in [0.3, 0.4) is 0 Å². The van der Waals surface area contributed by atoms with E-state index in [0.717, 1.165) is 10.6 Å². The fourth-order valence-electron chi connectivity index (χ4n) is 1.54. The fraction of sp³-hybridized carbons (Fsp3) is 0.400. The number of nitrogens with zero attached hydrogens (tertiary/aromatic N) is 2. The van der Waals surface area contributed by atoms with E-state index in [1.54, 1.807) is 6.07 Å². The van der Waals surface area contributed by atoms with Gasteiger partial charge in [-0.25, -0.2) is 0 Å². The Bertz CT molecular complexity index is 467. The van der Waals surface area contributed by atoms with Crippen molar-refractivity contribution < 1.29 is 14.4 Å². The zero-order valence-corrected chi connectivity index (χ0v) is 10.0. The first-order valence-electron chi connectivity index (χ1n) is 5.12. The Labute approximate surface area is 102 Å². The normalized spacial score (nSPS) is 15.5. The number of aryl methyl sites for hydroxylation is 1. The molecule has 3 amide bonds. The lowest BCUT2D eigenvalue weighted by molar-refractivity contribution is -0.141. The molecular weight excluding hydrogens is 242 g/mol. The van der Waals surface area contributed by atoms with E-state index in [9.17, 15) is 14.4 Å². The summed E-state index contributed by atoms with van der Waals surface area (Å²) in [5, 5.41) is 3.22. The third kappa shape index (κ3) is 2.68. The maximum Gasteiger partial charge on any atom is 0.245 e. The van der Waals surface area contributed by atoms with Gasteiger partial charge in [-0.1, -0.05) is 0 Å². The van der Waals surface area contributed by atoms with Gasteiger partial charge in [-0.05, 0) is 24.5 Å². The van der Waals surface area contributed by atoms with Gasteiger partial charge in [0.15, 0.2) is 0 Å². The fourth-order valence-corrected chi connectivity index (χ4v) is 2.22. The summed E-state index contributed by atoms with van der Waals surface area (Å²) in [7, 11) is 0. The van der Waals surface area contributed by atoms with Crippen LogP contribution in [0.1, 0.15) is 18.5 Å². The van der Waals surface area contributed by atoms with E-state index in [2.05, 4.69) is 9.69 Å². The van der Waals surface area contributed by atoms with E-state index in [0.29, 0.717) is 5.00 Å². The Morgan fingerprint density at radius 2 is 2.12 bits per heavy atom. The molecular formula is C10H11N3O3S. The lowest BCUT2D eigenvalue weighted by Crippen LogP contribution is -2.36. The molecule has 1 aromatic heterocycles. The van der Waals surface area contributed by atoms with Gasteiger partial charge >= 0.3 is 0 Å². The second-order valence-electron chi connectivity index (χ2n) is 3.75. The van der Waals surface area contributed by atoms with Crippen LogP contribution in [0.5, 0.6) is 0 Å². The number of rotatable bonds is 3. The molecule has 1 saturated heterocycles. The Morgan fingerprint density at radius 3 is 2.65 bits per heavy atom. The van der Waals surface area contributed by atoms with Crippen LogP contribution < -0.4 is 5.32 Å². The minimum Gasteiger partial charge on any atom is -0.315 e. The van der Waals surface area contributed by atoms with E-state index in [1.165, 1.54) is 11.5 Å². The highest BCUT2D eigenvalue weighted by Gasteiger charge is 2.30. The molecule has 0 aromatic carbocycles. The number of carbonyl (C=O) groups is 3. The van der Waals surface area contributed by atoms with Crippen molar-refractivity contribution in [3.63, 3.8) is 0 Å². The summed E-state index contributed by atoms with van der Waals surface area (Å²) in [5.41, 5.74) is 0.818. The summed E-state index contributed by atoms with van der Waals surface area (Å²) >= 11 is 1.17. The molecule has 0 aliphatic carbocycles. The molecule has 6 nitrogen and oxygen atoms in total. The quantitative estimate of drug-likeness (QED) is 0.797. The van der Waals surface area contributed by atoms with E-state index < -0.39 is 0 Å². The van der Waals surface area contributed by atoms with Crippen molar-refractivity contribution in [3.05, 3.63) is 11.8 Å². The number of hydrogen-bond acceptors (Lipinski definition) is 5. The SMILES string of the molecule is Cc1cc(NC(=O)CN2C(=O)CCC2=O)sn1. The van der Waals surface area contributed by atoms with Crippen molar-refractivity contribution >= 4 is 34.3 Å². The molecule has 0 saturated carbocycles. The number of aromatic nitrogens is 1. The summed E-state index contributed by atoms with van der Waals surface area (Å²) in [5.74, 6) is -0.950. The summed E-state index contributed by atoms with van der Waals surface area (Å²) in [6.45, 7) is 1.61. The van der Waals surface area contributed by atoms with Crippen LogP contribution in [0.2, 0.25) is 0 Å². The monoisotopic (exact) mass is 253 g/mol. The largest absolute Gasteiger partial charge is 0.315 e. The van der Waals surface area contributed by atoms with E-state index >= 15 is 0 Å². The van der Waals surface area contributed by atoms with Gasteiger partial charge in [0.2, 0.25) is 17.7 Å². The Morgan fingerprint density at radius 1 is 1.47 bits per heavy atom. The van der Waals surface area contributed by atoms with Crippen molar-refractivity contribution in [2.45, 2.75) is 19.8 Å². The number of hydrogen-bond donors (Lipinski definition) is 1. The lowest BCUT2D eigenvalue weighted by atomic mass is 10.4. The first kappa shape index (κ1) is 11.7. The number of imide groups is 1. The van der Waals surface area contributed by atoms with Crippen LogP contribution in [0.15, 0.2) is 6.07 Å². The van der Waals surface area contributed by atoms with Crippen LogP contribution in [-0.4, -0.2) is 33.5 Å². The number of likely N-dealkylation sites (tertiary alicyclic amines) is 1. The third-order valence-electron chi connectivity index (χ3n) is 2.35. The maximum absolute atomic E-state index is 11.6. The van der Waals surface area contributed by atoms with Gasteiger partial charge in [0.25, 0.3) is 0 Å². The van der Waals surface area contributed by atoms with Crippen LogP contribution >= 0.6 is 11.5 Å². The predicted octanol–water partition coefficient (Wildman–Crippen LogP) is 0.539. The smallest absolute Gasteiger partial charge is 0.245 e. The summed E-state index contributed by atoms with van der Waals surface area (Å²) in [4.78, 5) is 35.2. The molecule has 1 N–H and O–H groups in total. The molecule has 1 aliphatic rings. The molecule has 0 unspecified atom stereocenters. The minimum absolute atomic E-state index is 0.200. The van der Waals surface area contributed by atoms with Gasteiger partial charge in [-0.3, -0.25) is 19.3 Å².